The van der Waals surface area contributed by atoms with Crippen LogP contribution in [-0.4, -0.2) is 72.7 Å². The van der Waals surface area contributed by atoms with Gasteiger partial charge in [0.1, 0.15) is 5.56 Å². The second-order valence-electron chi connectivity index (χ2n) is 10.4. The molecule has 3 heterocycles. The molecule has 0 bridgehead atoms. The first-order valence-corrected chi connectivity index (χ1v) is 15.5. The van der Waals surface area contributed by atoms with Crippen LogP contribution in [0.5, 0.6) is 0 Å². The molecule has 1 aliphatic heterocycles. The smallest absolute Gasteiger partial charge is 0.280 e. The van der Waals surface area contributed by atoms with Crippen LogP contribution in [0.3, 0.4) is 0 Å². The highest BCUT2D eigenvalue weighted by atomic mass is 32.2. The van der Waals surface area contributed by atoms with Gasteiger partial charge >= 0.3 is 0 Å². The monoisotopic (exact) mass is 589 g/mol. The van der Waals surface area contributed by atoms with E-state index in [4.69, 9.17) is 9.82 Å². The molecule has 2 aliphatic rings. The minimum atomic E-state index is -3.21. The zero-order chi connectivity index (χ0) is 29.4. The van der Waals surface area contributed by atoms with Crippen molar-refractivity contribution in [3.8, 4) is 5.69 Å². The number of carbonyl (C=O) groups excluding carboxylic acids is 1. The van der Waals surface area contributed by atoms with Crippen LogP contribution in [0, 0.1) is 0 Å². The molecule has 1 aliphatic carbocycles. The molecule has 0 radical (unpaired) electrons. The summed E-state index contributed by atoms with van der Waals surface area (Å²) in [5, 5.41) is 3.43. The Labute approximate surface area is 243 Å². The van der Waals surface area contributed by atoms with Crippen molar-refractivity contribution in [2.45, 2.75) is 19.3 Å². The predicted molar refractivity (Wildman–Crippen MR) is 160 cm³/mol. The van der Waals surface area contributed by atoms with Gasteiger partial charge in [-0.3, -0.25) is 14.4 Å². The Hall–Kier alpha value is -4.33. The average molecular weight is 590 g/mol. The van der Waals surface area contributed by atoms with Crippen LogP contribution in [0.15, 0.2) is 59.7 Å². The molecular weight excluding hydrogens is 558 g/mol. The summed E-state index contributed by atoms with van der Waals surface area (Å²) in [6, 6.07) is 13.8. The number of aryl methyl sites for hydroxylation is 2. The number of carbonyl (C=O) groups is 1. The van der Waals surface area contributed by atoms with Gasteiger partial charge < -0.3 is 14.8 Å². The zero-order valence-electron chi connectivity index (χ0n) is 23.3. The van der Waals surface area contributed by atoms with Gasteiger partial charge in [-0.1, -0.05) is 12.1 Å². The first-order chi connectivity index (χ1) is 20.2. The van der Waals surface area contributed by atoms with Gasteiger partial charge in [-0.25, -0.2) is 18.9 Å². The lowest BCUT2D eigenvalue weighted by molar-refractivity contribution is 0.0536. The number of nitrogens with zero attached hydrogens (tertiary/aromatic N) is 5. The number of sulfonamides is 1. The molecule has 218 valence electrons. The number of piperazine rings is 1. The number of benzene rings is 2. The molecule has 6 rings (SSSR count). The number of fused-ring (bicyclic) bond motifs is 2. The molecule has 2 aromatic carbocycles. The van der Waals surface area contributed by atoms with Crippen molar-refractivity contribution in [1.29, 1.82) is 0 Å². The standard InChI is InChI=1S/C29H31N7O5S/c1-41-33-28(38)25-18-36(23-10-9-19-5-3-6-20(19)15-23)27-24(26(25)37)17-30-29(32-27)31-21-7-4-8-22(16-21)34-11-13-35(14-12-34)42(2,39)40/h4,7-10,15-18H,3,5-6,11-14H2,1-2H3,(H,33,38)(H,30,31,32). The Balaban J connectivity index is 1.35. The number of rotatable bonds is 7. The minimum Gasteiger partial charge on any atom is -0.369 e. The van der Waals surface area contributed by atoms with E-state index >= 15 is 0 Å². The molecule has 0 spiro atoms. The average Bonchev–Trinajstić information content (AvgIpc) is 3.45. The fourth-order valence-corrected chi connectivity index (χ4v) is 6.40. The van der Waals surface area contributed by atoms with Crippen molar-refractivity contribution in [2.75, 3.05) is 49.8 Å². The molecule has 13 heteroatoms. The normalized spacial score (nSPS) is 15.5. The van der Waals surface area contributed by atoms with Crippen LogP contribution < -0.4 is 21.1 Å². The van der Waals surface area contributed by atoms with Crippen molar-refractivity contribution in [1.82, 2.24) is 24.3 Å². The summed E-state index contributed by atoms with van der Waals surface area (Å²) in [7, 11) is -1.90. The van der Waals surface area contributed by atoms with Crippen LogP contribution in [0.1, 0.15) is 27.9 Å². The van der Waals surface area contributed by atoms with Crippen LogP contribution >= 0.6 is 0 Å². The Kier molecular flexibility index (Phi) is 7.39. The third-order valence-corrected chi connectivity index (χ3v) is 9.02. The van der Waals surface area contributed by atoms with Crippen LogP contribution in [0.2, 0.25) is 0 Å². The largest absolute Gasteiger partial charge is 0.369 e. The molecule has 2 aromatic heterocycles. The predicted octanol–water partition coefficient (Wildman–Crippen LogP) is 2.39. The number of anilines is 3. The van der Waals surface area contributed by atoms with Crippen LogP contribution in [0.4, 0.5) is 17.3 Å². The van der Waals surface area contributed by atoms with Gasteiger partial charge in [0.2, 0.25) is 21.4 Å². The summed E-state index contributed by atoms with van der Waals surface area (Å²) in [6.45, 7) is 2.01. The third-order valence-electron chi connectivity index (χ3n) is 7.72. The summed E-state index contributed by atoms with van der Waals surface area (Å²) < 4.78 is 27.0. The Morgan fingerprint density at radius 1 is 1.00 bits per heavy atom. The van der Waals surface area contributed by atoms with Gasteiger partial charge in [0.05, 0.1) is 18.8 Å². The van der Waals surface area contributed by atoms with Crippen molar-refractivity contribution in [3.05, 3.63) is 81.8 Å². The number of hydrogen-bond acceptors (Lipinski definition) is 9. The van der Waals surface area contributed by atoms with E-state index in [1.165, 1.54) is 41.2 Å². The molecule has 4 aromatic rings. The van der Waals surface area contributed by atoms with Crippen molar-refractivity contribution in [2.24, 2.45) is 0 Å². The zero-order valence-corrected chi connectivity index (χ0v) is 24.1. The minimum absolute atomic E-state index is 0.0853. The summed E-state index contributed by atoms with van der Waals surface area (Å²) in [5.41, 5.74) is 7.01. The van der Waals surface area contributed by atoms with E-state index in [2.05, 4.69) is 32.8 Å². The van der Waals surface area contributed by atoms with E-state index in [0.29, 0.717) is 31.8 Å². The molecular formula is C29H31N7O5S. The van der Waals surface area contributed by atoms with E-state index in [1.54, 1.807) is 4.57 Å². The molecule has 1 saturated heterocycles. The second kappa shape index (κ2) is 11.2. The third kappa shape index (κ3) is 5.45. The van der Waals surface area contributed by atoms with Crippen molar-refractivity contribution < 1.29 is 18.0 Å². The van der Waals surface area contributed by atoms with Gasteiger partial charge in [-0.05, 0) is 60.7 Å². The number of nitrogens with one attached hydrogen (secondary N) is 2. The number of amides is 1. The highest BCUT2D eigenvalue weighted by molar-refractivity contribution is 7.88. The summed E-state index contributed by atoms with van der Waals surface area (Å²) >= 11 is 0. The Morgan fingerprint density at radius 3 is 2.55 bits per heavy atom. The maximum absolute atomic E-state index is 13.3. The lowest BCUT2D eigenvalue weighted by Crippen LogP contribution is -2.48. The maximum atomic E-state index is 13.3. The van der Waals surface area contributed by atoms with Gasteiger partial charge in [-0.2, -0.15) is 9.29 Å². The highest BCUT2D eigenvalue weighted by Crippen LogP contribution is 2.27. The van der Waals surface area contributed by atoms with E-state index < -0.39 is 21.4 Å². The van der Waals surface area contributed by atoms with E-state index in [9.17, 15) is 18.0 Å². The molecule has 42 heavy (non-hydrogen) atoms. The fourth-order valence-electron chi connectivity index (χ4n) is 5.57. The molecule has 0 saturated carbocycles. The molecule has 1 fully saturated rings. The molecule has 1 amide bonds. The second-order valence-corrected chi connectivity index (χ2v) is 12.4. The summed E-state index contributed by atoms with van der Waals surface area (Å²) in [6.07, 6.45) is 7.24. The SMILES string of the molecule is CONC(=O)c1cn(-c2ccc3c(c2)CCC3)c2nc(Nc3cccc(N4CCN(S(C)(=O)=O)CC4)c3)ncc2c1=O. The fraction of sp³-hybridized carbons (Fsp3) is 0.310. The summed E-state index contributed by atoms with van der Waals surface area (Å²) in [4.78, 5) is 42.0. The van der Waals surface area contributed by atoms with Crippen molar-refractivity contribution in [3.63, 3.8) is 0 Å². The topological polar surface area (TPSA) is 139 Å². The maximum Gasteiger partial charge on any atom is 0.280 e. The lowest BCUT2D eigenvalue weighted by atomic mass is 10.1. The van der Waals surface area contributed by atoms with E-state index in [-0.39, 0.29) is 16.9 Å². The van der Waals surface area contributed by atoms with Gasteiger partial charge in [0, 0.05) is 55.6 Å². The number of hydrogen-bond donors (Lipinski definition) is 2. The van der Waals surface area contributed by atoms with E-state index in [1.807, 2.05) is 30.3 Å². The number of hydroxylamine groups is 1. The first-order valence-electron chi connectivity index (χ1n) is 13.7. The van der Waals surface area contributed by atoms with Crippen molar-refractivity contribution >= 4 is 44.3 Å². The number of aromatic nitrogens is 3. The molecule has 12 nitrogen and oxygen atoms in total. The molecule has 0 atom stereocenters. The summed E-state index contributed by atoms with van der Waals surface area (Å²) in [5.74, 6) is -0.374. The number of pyridine rings is 1. The lowest BCUT2D eigenvalue weighted by Gasteiger charge is -2.34. The first kappa shape index (κ1) is 27.8. The van der Waals surface area contributed by atoms with Gasteiger partial charge in [0.15, 0.2) is 5.65 Å². The molecule has 0 unspecified atom stereocenters. The van der Waals surface area contributed by atoms with Crippen LogP contribution in [0.25, 0.3) is 16.7 Å². The van der Waals surface area contributed by atoms with E-state index in [0.717, 1.165) is 36.3 Å². The Bertz CT molecular complexity index is 1850. The highest BCUT2D eigenvalue weighted by Gasteiger charge is 2.24. The van der Waals surface area contributed by atoms with Gasteiger partial charge in [0.25, 0.3) is 5.91 Å². The Morgan fingerprint density at radius 2 is 1.79 bits per heavy atom. The van der Waals surface area contributed by atoms with Crippen LogP contribution in [-0.2, 0) is 27.7 Å². The molecule has 2 N–H and O–H groups in total. The quantitative estimate of drug-likeness (QED) is 0.311. The van der Waals surface area contributed by atoms with Gasteiger partial charge in [-0.15, -0.1) is 0 Å².